The molecule has 0 amide bonds. The summed E-state index contributed by atoms with van der Waals surface area (Å²) in [6.07, 6.45) is 5.21. The van der Waals surface area contributed by atoms with Gasteiger partial charge in [0.25, 0.3) is 0 Å². The second-order valence-corrected chi connectivity index (χ2v) is 7.11. The van der Waals surface area contributed by atoms with E-state index in [1.807, 2.05) is 31.2 Å². The van der Waals surface area contributed by atoms with Gasteiger partial charge < -0.3 is 20.5 Å². The molecule has 0 unspecified atom stereocenters. The summed E-state index contributed by atoms with van der Waals surface area (Å²) >= 11 is 3.38. The van der Waals surface area contributed by atoms with E-state index in [9.17, 15) is 9.90 Å². The van der Waals surface area contributed by atoms with Crippen molar-refractivity contribution >= 4 is 21.9 Å². The second-order valence-electron chi connectivity index (χ2n) is 6.30. The highest BCUT2D eigenvalue weighted by Crippen LogP contribution is 2.20. The summed E-state index contributed by atoms with van der Waals surface area (Å²) in [4.78, 5) is 19.8. The molecule has 0 aliphatic heterocycles. The highest BCUT2D eigenvalue weighted by molar-refractivity contribution is 9.10. The van der Waals surface area contributed by atoms with Gasteiger partial charge in [0.2, 0.25) is 0 Å². The van der Waals surface area contributed by atoms with E-state index in [4.69, 9.17) is 4.74 Å². The molecule has 0 radical (unpaired) electrons. The van der Waals surface area contributed by atoms with E-state index in [1.165, 1.54) is 0 Å². The maximum Gasteiger partial charge on any atom is 0.305 e. The molecule has 2 aromatic rings. The van der Waals surface area contributed by atoms with Crippen LogP contribution in [0.1, 0.15) is 37.1 Å². The zero-order valence-corrected chi connectivity index (χ0v) is 17.6. The van der Waals surface area contributed by atoms with Crippen LogP contribution in [0.25, 0.3) is 0 Å². The lowest BCUT2D eigenvalue weighted by Gasteiger charge is -2.18. The lowest BCUT2D eigenvalue weighted by molar-refractivity contribution is -0.137. The quantitative estimate of drug-likeness (QED) is 0.318. The van der Waals surface area contributed by atoms with Gasteiger partial charge >= 0.3 is 5.97 Å². The van der Waals surface area contributed by atoms with Gasteiger partial charge in [0.15, 0.2) is 0 Å². The van der Waals surface area contributed by atoms with E-state index in [2.05, 4.69) is 36.5 Å². The van der Waals surface area contributed by atoms with Crippen LogP contribution < -0.4 is 15.4 Å². The van der Waals surface area contributed by atoms with Gasteiger partial charge in [-0.3, -0.25) is 9.78 Å². The summed E-state index contributed by atoms with van der Waals surface area (Å²) < 4.78 is 6.31. The molecule has 8 heteroatoms. The number of aryl methyl sites for hydroxylation is 1. The van der Waals surface area contributed by atoms with Gasteiger partial charge in [-0.15, -0.1) is 0 Å². The van der Waals surface area contributed by atoms with E-state index >= 15 is 0 Å². The number of hydrogen-bond donors (Lipinski definition) is 3. The molecule has 0 saturated heterocycles. The number of carbonyl (C=O) groups is 1. The molecule has 0 fully saturated rings. The van der Waals surface area contributed by atoms with Crippen molar-refractivity contribution in [3.8, 4) is 5.75 Å². The van der Waals surface area contributed by atoms with Gasteiger partial charge in [-0.1, -0.05) is 6.07 Å². The van der Waals surface area contributed by atoms with Crippen LogP contribution in [0.2, 0.25) is 0 Å². The number of nitrogens with one attached hydrogen (secondary N) is 2. The standard InChI is InChI=1S/C20H27BrN4O3/c1-2-28-17-11-15(13-23-14-17)18(12-20(26)27)24-10-9-22-8-4-6-16-5-3-7-19(21)25-16/h3,5,7,11,13-14,18,22,24H,2,4,6,8-10,12H2,1H3,(H,26,27)/t18-/m0/s1. The number of ether oxygens (including phenoxy) is 1. The largest absolute Gasteiger partial charge is 0.492 e. The van der Waals surface area contributed by atoms with Gasteiger partial charge in [-0.25, -0.2) is 4.98 Å². The van der Waals surface area contributed by atoms with Crippen LogP contribution in [0.5, 0.6) is 5.75 Å². The van der Waals surface area contributed by atoms with Crippen molar-refractivity contribution in [2.75, 3.05) is 26.2 Å². The van der Waals surface area contributed by atoms with E-state index in [1.54, 1.807) is 12.4 Å². The molecule has 0 bridgehead atoms. The van der Waals surface area contributed by atoms with Crippen LogP contribution in [-0.2, 0) is 11.2 Å². The van der Waals surface area contributed by atoms with Crippen LogP contribution in [0.15, 0.2) is 41.3 Å². The number of pyridine rings is 2. The maximum absolute atomic E-state index is 11.2. The number of hydrogen-bond acceptors (Lipinski definition) is 6. The number of carboxylic acids is 1. The molecule has 0 aliphatic rings. The summed E-state index contributed by atoms with van der Waals surface area (Å²) in [7, 11) is 0. The average molecular weight is 451 g/mol. The van der Waals surface area contributed by atoms with Gasteiger partial charge in [0, 0.05) is 31.0 Å². The average Bonchev–Trinajstić information content (AvgIpc) is 2.66. The highest BCUT2D eigenvalue weighted by Gasteiger charge is 2.16. The Kier molecular flexibility index (Phi) is 9.88. The Balaban J connectivity index is 1.73. The zero-order valence-electron chi connectivity index (χ0n) is 16.0. The molecule has 0 saturated carbocycles. The fraction of sp³-hybridized carbons (Fsp3) is 0.450. The molecule has 28 heavy (non-hydrogen) atoms. The predicted molar refractivity (Wildman–Crippen MR) is 112 cm³/mol. The van der Waals surface area contributed by atoms with Crippen LogP contribution in [0, 0.1) is 0 Å². The Morgan fingerprint density at radius 1 is 1.29 bits per heavy atom. The first-order valence-corrected chi connectivity index (χ1v) is 10.2. The molecule has 0 aliphatic carbocycles. The monoisotopic (exact) mass is 450 g/mol. The van der Waals surface area contributed by atoms with Crippen LogP contribution >= 0.6 is 15.9 Å². The number of carboxylic acid groups (broad SMARTS) is 1. The van der Waals surface area contributed by atoms with Crippen molar-refractivity contribution in [3.63, 3.8) is 0 Å². The van der Waals surface area contributed by atoms with Gasteiger partial charge in [-0.05, 0) is 66.0 Å². The molecule has 152 valence electrons. The minimum Gasteiger partial charge on any atom is -0.492 e. The van der Waals surface area contributed by atoms with Crippen molar-refractivity contribution in [2.24, 2.45) is 0 Å². The first kappa shape index (κ1) is 22.3. The first-order valence-electron chi connectivity index (χ1n) is 9.43. The number of aliphatic carboxylic acids is 1. The number of nitrogens with zero attached hydrogens (tertiary/aromatic N) is 2. The molecule has 1 atom stereocenters. The Morgan fingerprint density at radius 3 is 2.89 bits per heavy atom. The lowest BCUT2D eigenvalue weighted by Crippen LogP contribution is -2.32. The van der Waals surface area contributed by atoms with E-state index < -0.39 is 5.97 Å². The van der Waals surface area contributed by atoms with Crippen molar-refractivity contribution in [3.05, 3.63) is 52.5 Å². The summed E-state index contributed by atoms with van der Waals surface area (Å²) in [5.74, 6) is -0.203. The van der Waals surface area contributed by atoms with Crippen molar-refractivity contribution in [2.45, 2.75) is 32.2 Å². The first-order chi connectivity index (χ1) is 13.6. The molecule has 2 rings (SSSR count). The third-order valence-electron chi connectivity index (χ3n) is 4.08. The van der Waals surface area contributed by atoms with Crippen molar-refractivity contribution in [1.29, 1.82) is 0 Å². The van der Waals surface area contributed by atoms with Crippen LogP contribution in [0.3, 0.4) is 0 Å². The molecule has 3 N–H and O–H groups in total. The zero-order chi connectivity index (χ0) is 20.2. The third-order valence-corrected chi connectivity index (χ3v) is 4.52. The molecule has 2 heterocycles. The van der Waals surface area contributed by atoms with Crippen LogP contribution in [0.4, 0.5) is 0 Å². The molecule has 0 spiro atoms. The number of rotatable bonds is 13. The summed E-state index contributed by atoms with van der Waals surface area (Å²) in [5, 5.41) is 15.9. The Bertz CT molecular complexity index is 745. The van der Waals surface area contributed by atoms with Crippen LogP contribution in [-0.4, -0.2) is 47.3 Å². The molecule has 0 aromatic carbocycles. The van der Waals surface area contributed by atoms with E-state index in [-0.39, 0.29) is 12.5 Å². The summed E-state index contributed by atoms with van der Waals surface area (Å²) in [5.41, 5.74) is 1.88. The summed E-state index contributed by atoms with van der Waals surface area (Å²) in [6, 6.07) is 7.46. The van der Waals surface area contributed by atoms with Gasteiger partial charge in [-0.2, -0.15) is 0 Å². The highest BCUT2D eigenvalue weighted by atomic mass is 79.9. The SMILES string of the molecule is CCOc1cncc([C@H](CC(=O)O)NCCNCCCc2cccc(Br)n2)c1. The smallest absolute Gasteiger partial charge is 0.305 e. The summed E-state index contributed by atoms with van der Waals surface area (Å²) in [6.45, 7) is 4.73. The fourth-order valence-corrected chi connectivity index (χ4v) is 3.18. The molecular formula is C20H27BrN4O3. The van der Waals surface area contributed by atoms with Crippen molar-refractivity contribution in [1.82, 2.24) is 20.6 Å². The topological polar surface area (TPSA) is 96.4 Å². The van der Waals surface area contributed by atoms with Crippen molar-refractivity contribution < 1.29 is 14.6 Å². The number of aromatic nitrogens is 2. The van der Waals surface area contributed by atoms with Gasteiger partial charge in [0.1, 0.15) is 10.4 Å². The lowest BCUT2D eigenvalue weighted by atomic mass is 10.1. The minimum absolute atomic E-state index is 0.00812. The Hall–Kier alpha value is -2.03. The second kappa shape index (κ2) is 12.4. The van der Waals surface area contributed by atoms with Gasteiger partial charge in [0.05, 0.1) is 19.2 Å². The molecule has 7 nitrogen and oxygen atoms in total. The minimum atomic E-state index is -0.853. The maximum atomic E-state index is 11.2. The van der Waals surface area contributed by atoms with E-state index in [0.29, 0.717) is 18.9 Å². The third kappa shape index (κ3) is 8.33. The predicted octanol–water partition coefficient (Wildman–Crippen LogP) is 2.97. The Morgan fingerprint density at radius 2 is 2.14 bits per heavy atom. The molecule has 2 aromatic heterocycles. The molecular weight excluding hydrogens is 424 g/mol. The normalized spacial score (nSPS) is 11.9. The number of halogens is 1. The fourth-order valence-electron chi connectivity index (χ4n) is 2.80. The Labute approximate surface area is 174 Å². The van der Waals surface area contributed by atoms with E-state index in [0.717, 1.165) is 41.8 Å².